The second-order valence-electron chi connectivity index (χ2n) is 10.7. The van der Waals surface area contributed by atoms with Crippen molar-refractivity contribution in [1.29, 1.82) is 0 Å². The lowest BCUT2D eigenvalue weighted by Gasteiger charge is -2.32. The van der Waals surface area contributed by atoms with E-state index < -0.39 is 18.3 Å². The molecule has 0 unspecified atom stereocenters. The molecule has 1 aromatic carbocycles. The number of carbonyl (C=O) groups excluding carboxylic acids is 1. The van der Waals surface area contributed by atoms with Gasteiger partial charge in [-0.2, -0.15) is 0 Å². The largest absolute Gasteiger partial charge is 0.494 e. The molecule has 0 amide bonds. The fourth-order valence-electron chi connectivity index (χ4n) is 4.28. The van der Waals surface area contributed by atoms with Crippen molar-refractivity contribution in [2.24, 2.45) is 5.92 Å². The number of halogens is 1. The summed E-state index contributed by atoms with van der Waals surface area (Å²) in [5.74, 6) is -0.0925. The Morgan fingerprint density at radius 2 is 1.81 bits per heavy atom. The minimum atomic E-state index is -0.526. The number of carbonyl (C=O) groups is 1. The second kappa shape index (κ2) is 10.2. The monoisotopic (exact) mass is 447 g/mol. The van der Waals surface area contributed by atoms with Gasteiger partial charge in [0.05, 0.1) is 11.2 Å². The molecule has 0 spiro atoms. The summed E-state index contributed by atoms with van der Waals surface area (Å²) in [6.45, 7) is 12.7. The summed E-state index contributed by atoms with van der Waals surface area (Å²) in [5, 5.41) is 3.31. The van der Waals surface area contributed by atoms with Crippen LogP contribution in [0.25, 0.3) is 0 Å². The molecule has 1 heterocycles. The van der Waals surface area contributed by atoms with Gasteiger partial charge in [-0.05, 0) is 89.2 Å². The fourth-order valence-corrected chi connectivity index (χ4v) is 4.28. The van der Waals surface area contributed by atoms with E-state index in [1.165, 1.54) is 6.07 Å². The summed E-state index contributed by atoms with van der Waals surface area (Å²) in [4.78, 5) is 12.7. The lowest BCUT2D eigenvalue weighted by atomic mass is 9.78. The van der Waals surface area contributed by atoms with Crippen molar-refractivity contribution in [3.63, 3.8) is 0 Å². The molecule has 0 radical (unpaired) electrons. The average Bonchev–Trinajstić information content (AvgIpc) is 3.27. The molecular weight excluding hydrogens is 408 g/mol. The Morgan fingerprint density at radius 3 is 2.41 bits per heavy atom. The van der Waals surface area contributed by atoms with Crippen molar-refractivity contribution < 1.29 is 23.2 Å². The summed E-state index contributed by atoms with van der Waals surface area (Å²) >= 11 is 0. The van der Waals surface area contributed by atoms with Gasteiger partial charge in [-0.3, -0.25) is 4.79 Å². The Hall–Kier alpha value is -1.44. The number of ether oxygens (including phenoxy) is 1. The summed E-state index contributed by atoms with van der Waals surface area (Å²) < 4.78 is 32.5. The third-order valence-electron chi connectivity index (χ3n) is 6.96. The van der Waals surface area contributed by atoms with E-state index >= 15 is 0 Å². The van der Waals surface area contributed by atoms with Crippen LogP contribution in [-0.2, 0) is 25.3 Å². The van der Waals surface area contributed by atoms with Crippen molar-refractivity contribution >= 4 is 18.6 Å². The first kappa shape index (κ1) is 25.2. The number of hydrogen-bond acceptors (Lipinski definition) is 5. The van der Waals surface area contributed by atoms with E-state index in [1.54, 1.807) is 6.07 Å². The molecule has 1 saturated carbocycles. The molecule has 2 aliphatic rings. The number of hydrogen-bond donors (Lipinski definition) is 1. The Balaban J connectivity index is 1.61. The smallest absolute Gasteiger partial charge is 0.461 e. The van der Waals surface area contributed by atoms with Crippen LogP contribution in [0.3, 0.4) is 0 Å². The highest BCUT2D eigenvalue weighted by molar-refractivity contribution is 6.62. The van der Waals surface area contributed by atoms with E-state index in [0.717, 1.165) is 31.1 Å². The molecule has 1 aliphatic carbocycles. The SMILES string of the molecule is CC(C)C[C@H](NCCc1cc(B2OC(C)(C)C(C)(C)O2)ccc1F)C(=O)OC1CCCC1. The standard InChI is InChI=1S/C25H39BFNO4/c1-17(2)15-22(23(29)30-20-9-7-8-10-20)28-14-13-18-16-19(11-12-21(18)27)26-31-24(3,4)25(5,6)32-26/h11-12,16-17,20,22,28H,7-10,13-15H2,1-6H3/t22-/m0/s1. The van der Waals surface area contributed by atoms with Gasteiger partial charge in [0.25, 0.3) is 0 Å². The van der Waals surface area contributed by atoms with Crippen LogP contribution >= 0.6 is 0 Å². The first-order chi connectivity index (χ1) is 15.0. The van der Waals surface area contributed by atoms with E-state index in [-0.39, 0.29) is 23.9 Å². The quantitative estimate of drug-likeness (QED) is 0.455. The lowest BCUT2D eigenvalue weighted by Crippen LogP contribution is -2.41. The van der Waals surface area contributed by atoms with Gasteiger partial charge in [-0.25, -0.2) is 4.39 Å². The first-order valence-electron chi connectivity index (χ1n) is 12.1. The van der Waals surface area contributed by atoms with E-state index in [2.05, 4.69) is 19.2 Å². The molecule has 5 nitrogen and oxygen atoms in total. The number of esters is 1. The van der Waals surface area contributed by atoms with Gasteiger partial charge >= 0.3 is 13.1 Å². The average molecular weight is 447 g/mol. The van der Waals surface area contributed by atoms with E-state index in [9.17, 15) is 9.18 Å². The van der Waals surface area contributed by atoms with Crippen molar-refractivity contribution in [1.82, 2.24) is 5.32 Å². The van der Waals surface area contributed by atoms with Crippen molar-refractivity contribution in [3.8, 4) is 0 Å². The van der Waals surface area contributed by atoms with Gasteiger partial charge in [-0.15, -0.1) is 0 Å². The molecular formula is C25H39BFNO4. The maximum atomic E-state index is 14.5. The fraction of sp³-hybridized carbons (Fsp3) is 0.720. The molecule has 32 heavy (non-hydrogen) atoms. The van der Waals surface area contributed by atoms with Gasteiger partial charge in [-0.1, -0.05) is 26.0 Å². The molecule has 0 aromatic heterocycles. The second-order valence-corrected chi connectivity index (χ2v) is 10.7. The summed E-state index contributed by atoms with van der Waals surface area (Å²) in [5.41, 5.74) is 0.492. The normalized spacial score (nSPS) is 21.3. The minimum absolute atomic E-state index is 0.0491. The van der Waals surface area contributed by atoms with E-state index in [0.29, 0.717) is 30.9 Å². The van der Waals surface area contributed by atoms with Crippen LogP contribution in [0.15, 0.2) is 18.2 Å². The highest BCUT2D eigenvalue weighted by atomic mass is 19.1. The summed E-state index contributed by atoms with van der Waals surface area (Å²) in [6, 6.07) is 4.63. The van der Waals surface area contributed by atoms with Crippen molar-refractivity contribution in [2.45, 2.75) is 103 Å². The Morgan fingerprint density at radius 1 is 1.19 bits per heavy atom. The highest BCUT2D eigenvalue weighted by Crippen LogP contribution is 2.36. The Kier molecular flexibility index (Phi) is 8.05. The molecule has 1 N–H and O–H groups in total. The predicted molar refractivity (Wildman–Crippen MR) is 125 cm³/mol. The highest BCUT2D eigenvalue weighted by Gasteiger charge is 2.51. The number of rotatable bonds is 9. The first-order valence-corrected chi connectivity index (χ1v) is 12.1. The topological polar surface area (TPSA) is 56.8 Å². The number of benzene rings is 1. The zero-order chi connectivity index (χ0) is 23.5. The van der Waals surface area contributed by atoms with Gasteiger partial charge in [0, 0.05) is 6.54 Å². The van der Waals surface area contributed by atoms with Crippen LogP contribution in [0.2, 0.25) is 0 Å². The molecule has 2 fully saturated rings. The van der Waals surface area contributed by atoms with Crippen LogP contribution in [-0.4, -0.2) is 43.0 Å². The molecule has 1 atom stereocenters. The van der Waals surface area contributed by atoms with Crippen LogP contribution in [0, 0.1) is 11.7 Å². The molecule has 7 heteroatoms. The number of nitrogens with one attached hydrogen (secondary N) is 1. The van der Waals surface area contributed by atoms with Crippen molar-refractivity contribution in [3.05, 3.63) is 29.6 Å². The Bertz CT molecular complexity index is 776. The van der Waals surface area contributed by atoms with Crippen molar-refractivity contribution in [2.75, 3.05) is 6.54 Å². The molecule has 1 aliphatic heterocycles. The molecule has 1 aromatic rings. The minimum Gasteiger partial charge on any atom is -0.461 e. The van der Waals surface area contributed by atoms with Crippen LogP contribution in [0.5, 0.6) is 0 Å². The molecule has 178 valence electrons. The van der Waals surface area contributed by atoms with E-state index in [1.807, 2.05) is 33.8 Å². The maximum absolute atomic E-state index is 14.5. The van der Waals surface area contributed by atoms with Gasteiger partial charge < -0.3 is 19.4 Å². The molecule has 3 rings (SSSR count). The van der Waals surface area contributed by atoms with E-state index in [4.69, 9.17) is 14.0 Å². The molecule has 0 bridgehead atoms. The van der Waals surface area contributed by atoms with Crippen LogP contribution in [0.1, 0.15) is 79.2 Å². The summed E-state index contributed by atoms with van der Waals surface area (Å²) in [6.07, 6.45) is 5.37. The summed E-state index contributed by atoms with van der Waals surface area (Å²) in [7, 11) is -0.526. The zero-order valence-corrected chi connectivity index (χ0v) is 20.5. The predicted octanol–water partition coefficient (Wildman–Crippen LogP) is 4.16. The molecule has 1 saturated heterocycles. The van der Waals surface area contributed by atoms with Gasteiger partial charge in [0.2, 0.25) is 0 Å². The maximum Gasteiger partial charge on any atom is 0.494 e. The Labute approximate surface area is 192 Å². The van der Waals surface area contributed by atoms with Crippen LogP contribution in [0.4, 0.5) is 4.39 Å². The van der Waals surface area contributed by atoms with Crippen LogP contribution < -0.4 is 10.8 Å². The lowest BCUT2D eigenvalue weighted by molar-refractivity contribution is -0.151. The zero-order valence-electron chi connectivity index (χ0n) is 20.5. The third kappa shape index (κ3) is 6.12. The third-order valence-corrected chi connectivity index (χ3v) is 6.96. The van der Waals surface area contributed by atoms with Gasteiger partial charge in [0.1, 0.15) is 18.0 Å². The van der Waals surface area contributed by atoms with Gasteiger partial charge in [0.15, 0.2) is 0 Å².